The summed E-state index contributed by atoms with van der Waals surface area (Å²) in [5.74, 6) is 1.42. The van der Waals surface area contributed by atoms with Crippen LogP contribution >= 0.6 is 0 Å². The minimum atomic E-state index is -0.554. The molecule has 5 rings (SSSR count). The molecule has 3 N–H and O–H groups in total. The van der Waals surface area contributed by atoms with Crippen molar-refractivity contribution in [2.75, 3.05) is 26.9 Å². The van der Waals surface area contributed by atoms with Gasteiger partial charge in [-0.3, -0.25) is 4.79 Å². The van der Waals surface area contributed by atoms with Crippen molar-refractivity contribution in [3.63, 3.8) is 0 Å². The summed E-state index contributed by atoms with van der Waals surface area (Å²) in [6.07, 6.45) is 4.75. The molecule has 0 saturated carbocycles. The molecule has 1 unspecified atom stereocenters. The molecule has 1 aliphatic rings. The van der Waals surface area contributed by atoms with Crippen LogP contribution in [0, 0.1) is 0 Å². The van der Waals surface area contributed by atoms with Crippen molar-refractivity contribution in [2.45, 2.75) is 31.8 Å². The zero-order chi connectivity index (χ0) is 27.9. The lowest BCUT2D eigenvalue weighted by molar-refractivity contribution is 0.0836. The Hall–Kier alpha value is -4.43. The predicted octanol–water partition coefficient (Wildman–Crippen LogP) is 5.41. The molecule has 1 aromatic heterocycles. The molecule has 1 atom stereocenters. The van der Waals surface area contributed by atoms with E-state index in [1.165, 1.54) is 7.11 Å². The first-order valence-electron chi connectivity index (χ1n) is 13.4. The summed E-state index contributed by atoms with van der Waals surface area (Å²) in [6.45, 7) is 0.503. The lowest BCUT2D eigenvalue weighted by Gasteiger charge is -2.31. The van der Waals surface area contributed by atoms with E-state index in [-0.39, 0.29) is 36.9 Å². The number of ketones is 1. The van der Waals surface area contributed by atoms with Crippen molar-refractivity contribution in [3.8, 4) is 28.7 Å². The predicted molar refractivity (Wildman–Crippen MR) is 150 cm³/mol. The second kappa shape index (κ2) is 12.6. The van der Waals surface area contributed by atoms with E-state index in [4.69, 9.17) is 18.9 Å². The zero-order valence-electron chi connectivity index (χ0n) is 22.4. The highest BCUT2D eigenvalue weighted by Crippen LogP contribution is 2.53. The number of fused-ring (bicyclic) bond motifs is 1. The van der Waals surface area contributed by atoms with Crippen LogP contribution < -0.4 is 18.9 Å². The topological polar surface area (TPSA) is 110 Å². The fraction of sp³-hybridized carbons (Fsp3) is 0.281. The lowest BCUT2D eigenvalue weighted by atomic mass is 9.91. The van der Waals surface area contributed by atoms with Crippen molar-refractivity contribution in [3.05, 3.63) is 101 Å². The number of aliphatic hydroxyl groups excluding tert-OH is 1. The number of H-pyrrole nitrogens is 1. The number of aliphatic hydroxyl groups is 1. The molecule has 0 radical (unpaired) electrons. The van der Waals surface area contributed by atoms with Gasteiger partial charge in [-0.2, -0.15) is 0 Å². The van der Waals surface area contributed by atoms with Crippen molar-refractivity contribution >= 4 is 5.78 Å². The highest BCUT2D eigenvalue weighted by molar-refractivity contribution is 6.04. The van der Waals surface area contributed by atoms with Crippen LogP contribution in [0.25, 0.3) is 0 Å². The second-order valence-corrected chi connectivity index (χ2v) is 9.61. The van der Waals surface area contributed by atoms with Gasteiger partial charge >= 0.3 is 0 Å². The second-order valence-electron chi connectivity index (χ2n) is 9.61. The Balaban J connectivity index is 1.62. The molecule has 8 nitrogen and oxygen atoms in total. The van der Waals surface area contributed by atoms with Gasteiger partial charge in [0.2, 0.25) is 5.75 Å². The van der Waals surface area contributed by atoms with Gasteiger partial charge in [-0.25, -0.2) is 0 Å². The molecule has 208 valence electrons. The van der Waals surface area contributed by atoms with E-state index < -0.39 is 6.10 Å². The molecule has 0 saturated heterocycles. The summed E-state index contributed by atoms with van der Waals surface area (Å²) >= 11 is 0. The number of aromatic nitrogens is 1. The molecule has 4 aromatic rings. The average molecular weight is 544 g/mol. The number of ether oxygens (including phenoxy) is 4. The number of aromatic hydroxyl groups is 1. The molecule has 1 aliphatic heterocycles. The van der Waals surface area contributed by atoms with E-state index in [9.17, 15) is 15.0 Å². The van der Waals surface area contributed by atoms with Gasteiger partial charge in [0.15, 0.2) is 17.3 Å². The Labute approximate surface area is 233 Å². The van der Waals surface area contributed by atoms with Crippen LogP contribution in [0.3, 0.4) is 0 Å². The number of carbonyl (C=O) groups is 1. The maximum Gasteiger partial charge on any atom is 0.204 e. The number of hydrogen-bond acceptors (Lipinski definition) is 7. The minimum Gasteiger partial charge on any atom is -0.508 e. The number of nitrogens with one attached hydrogen (secondary N) is 1. The largest absolute Gasteiger partial charge is 0.508 e. The number of hydrogen-bond donors (Lipinski definition) is 3. The van der Waals surface area contributed by atoms with Crippen LogP contribution in [0.2, 0.25) is 0 Å². The zero-order valence-corrected chi connectivity index (χ0v) is 22.4. The minimum absolute atomic E-state index is 0.0517. The van der Waals surface area contributed by atoms with Crippen LogP contribution in [0.5, 0.6) is 28.7 Å². The van der Waals surface area contributed by atoms with E-state index in [1.807, 2.05) is 48.8 Å². The van der Waals surface area contributed by atoms with Crippen LogP contribution in [-0.2, 0) is 12.8 Å². The smallest absolute Gasteiger partial charge is 0.204 e. The number of rotatable bonds is 12. The first kappa shape index (κ1) is 27.1. The Morgan fingerprint density at radius 1 is 0.950 bits per heavy atom. The van der Waals surface area contributed by atoms with Crippen LogP contribution in [0.15, 0.2) is 73.1 Å². The monoisotopic (exact) mass is 543 g/mol. The summed E-state index contributed by atoms with van der Waals surface area (Å²) in [5.41, 5.74) is 3.88. The van der Waals surface area contributed by atoms with Crippen molar-refractivity contribution < 1.29 is 34.0 Å². The first-order valence-corrected chi connectivity index (χ1v) is 13.4. The van der Waals surface area contributed by atoms with Gasteiger partial charge in [0.1, 0.15) is 23.2 Å². The average Bonchev–Trinajstić information content (AvgIpc) is 3.49. The van der Waals surface area contributed by atoms with Gasteiger partial charge in [0.05, 0.1) is 26.7 Å². The number of Topliss-reactive ketones (excluding diaryl/α,β-unsaturated/α-hetero) is 1. The lowest BCUT2D eigenvalue weighted by Crippen LogP contribution is -2.24. The van der Waals surface area contributed by atoms with Gasteiger partial charge in [-0.1, -0.05) is 42.5 Å². The Bertz CT molecular complexity index is 1420. The standard InChI is InChI=1S/C32H33NO7/c1-37-32-30(39-17-13-21-6-3-2-4-7-21)25(18-22-12-14-33-20-22)29-28(31(32)38-16-5-15-34)26(36)19-27(40-29)23-8-10-24(35)11-9-23/h2-4,6-12,14,20,27,33-35H,5,13,15-19H2,1H3. The van der Waals surface area contributed by atoms with Crippen molar-refractivity contribution in [1.29, 1.82) is 0 Å². The van der Waals surface area contributed by atoms with E-state index in [2.05, 4.69) is 4.98 Å². The molecule has 0 fully saturated rings. The van der Waals surface area contributed by atoms with E-state index in [0.717, 1.165) is 16.7 Å². The third-order valence-corrected chi connectivity index (χ3v) is 6.87. The molecule has 8 heteroatoms. The Kier molecular flexibility index (Phi) is 8.56. The fourth-order valence-corrected chi connectivity index (χ4v) is 4.89. The highest BCUT2D eigenvalue weighted by Gasteiger charge is 2.38. The summed E-state index contributed by atoms with van der Waals surface area (Å²) in [7, 11) is 1.53. The molecule has 0 bridgehead atoms. The van der Waals surface area contributed by atoms with Gasteiger partial charge in [0, 0.05) is 43.8 Å². The number of aromatic amines is 1. The van der Waals surface area contributed by atoms with E-state index >= 15 is 0 Å². The summed E-state index contributed by atoms with van der Waals surface area (Å²) < 4.78 is 24.9. The maximum absolute atomic E-state index is 13.8. The highest BCUT2D eigenvalue weighted by atomic mass is 16.5. The Morgan fingerprint density at radius 2 is 1.73 bits per heavy atom. The number of phenols is 1. The van der Waals surface area contributed by atoms with Crippen molar-refractivity contribution in [2.24, 2.45) is 0 Å². The number of benzene rings is 3. The quantitative estimate of drug-likeness (QED) is 0.205. The SMILES string of the molecule is COc1c(OCCc2ccccc2)c(Cc2cc[nH]c2)c2c(c1OCCCO)C(=O)CC(c1ccc(O)cc1)O2. The summed E-state index contributed by atoms with van der Waals surface area (Å²) in [4.78, 5) is 16.8. The molecule has 0 amide bonds. The maximum atomic E-state index is 13.8. The number of carbonyl (C=O) groups excluding carboxylic acids is 1. The summed E-state index contributed by atoms with van der Waals surface area (Å²) in [6, 6.07) is 18.7. The first-order chi connectivity index (χ1) is 19.6. The van der Waals surface area contributed by atoms with Crippen LogP contribution in [-0.4, -0.2) is 47.9 Å². The molecule has 3 aromatic carbocycles. The fourth-order valence-electron chi connectivity index (χ4n) is 4.89. The van der Waals surface area contributed by atoms with Crippen LogP contribution in [0.4, 0.5) is 0 Å². The van der Waals surface area contributed by atoms with Gasteiger partial charge in [0.25, 0.3) is 0 Å². The van der Waals surface area contributed by atoms with E-state index in [1.54, 1.807) is 24.3 Å². The van der Waals surface area contributed by atoms with Crippen LogP contribution in [0.1, 0.15) is 51.6 Å². The number of methoxy groups -OCH3 is 1. The normalized spacial score (nSPS) is 14.3. The van der Waals surface area contributed by atoms with Crippen molar-refractivity contribution in [1.82, 2.24) is 4.98 Å². The number of phenolic OH excluding ortho intramolecular Hbond substituents is 1. The van der Waals surface area contributed by atoms with Gasteiger partial charge < -0.3 is 34.1 Å². The third-order valence-electron chi connectivity index (χ3n) is 6.87. The molecule has 0 spiro atoms. The molecule has 2 heterocycles. The molecular formula is C32H33NO7. The summed E-state index contributed by atoms with van der Waals surface area (Å²) in [5, 5.41) is 19.1. The van der Waals surface area contributed by atoms with E-state index in [0.29, 0.717) is 54.2 Å². The molecule has 40 heavy (non-hydrogen) atoms. The molecular weight excluding hydrogens is 510 g/mol. The Morgan fingerprint density at radius 3 is 2.42 bits per heavy atom. The molecule has 0 aliphatic carbocycles. The van der Waals surface area contributed by atoms with Gasteiger partial charge in [-0.05, 0) is 34.9 Å². The third kappa shape index (κ3) is 5.92. The van der Waals surface area contributed by atoms with Gasteiger partial charge in [-0.15, -0.1) is 0 Å².